The molecule has 0 aromatic heterocycles. The summed E-state index contributed by atoms with van der Waals surface area (Å²) in [7, 11) is 0. The first-order valence-electron chi connectivity index (χ1n) is 7.76. The second-order valence-electron chi connectivity index (χ2n) is 6.49. The summed E-state index contributed by atoms with van der Waals surface area (Å²) in [6.07, 6.45) is 2.92. The van der Waals surface area contributed by atoms with Crippen LogP contribution in [0.2, 0.25) is 0 Å². The van der Waals surface area contributed by atoms with Gasteiger partial charge in [-0.2, -0.15) is 0 Å². The molecule has 3 atom stereocenters. The van der Waals surface area contributed by atoms with E-state index in [9.17, 15) is 0 Å². The first kappa shape index (κ1) is 13.1. The molecular formula is C17H26N2. The number of nitrogens with one attached hydrogen (secondary N) is 1. The van der Waals surface area contributed by atoms with E-state index in [4.69, 9.17) is 0 Å². The lowest BCUT2D eigenvalue weighted by atomic mass is 9.99. The molecule has 104 valence electrons. The summed E-state index contributed by atoms with van der Waals surface area (Å²) in [4.78, 5) is 2.69. The van der Waals surface area contributed by atoms with Crippen molar-refractivity contribution >= 4 is 0 Å². The van der Waals surface area contributed by atoms with Crippen LogP contribution in [0, 0.1) is 11.8 Å². The molecule has 3 unspecified atom stereocenters. The van der Waals surface area contributed by atoms with Gasteiger partial charge in [0.05, 0.1) is 0 Å². The molecule has 2 nitrogen and oxygen atoms in total. The highest BCUT2D eigenvalue weighted by Gasteiger charge is 2.32. The Morgan fingerprint density at radius 3 is 2.68 bits per heavy atom. The lowest BCUT2D eigenvalue weighted by Gasteiger charge is -2.40. The molecule has 1 aliphatic heterocycles. The average molecular weight is 258 g/mol. The van der Waals surface area contributed by atoms with Crippen molar-refractivity contribution in [3.8, 4) is 0 Å². The van der Waals surface area contributed by atoms with Gasteiger partial charge in [0.25, 0.3) is 0 Å². The van der Waals surface area contributed by atoms with Crippen molar-refractivity contribution in [2.24, 2.45) is 11.8 Å². The minimum absolute atomic E-state index is 0.504. The Labute approximate surface area is 117 Å². The number of hydrogen-bond donors (Lipinski definition) is 1. The van der Waals surface area contributed by atoms with Crippen LogP contribution in [0.5, 0.6) is 0 Å². The molecule has 0 spiro atoms. The largest absolute Gasteiger partial charge is 0.307 e. The Morgan fingerprint density at radius 2 is 2.00 bits per heavy atom. The molecule has 1 N–H and O–H groups in total. The van der Waals surface area contributed by atoms with Gasteiger partial charge >= 0.3 is 0 Å². The van der Waals surface area contributed by atoms with Crippen LogP contribution in [0.1, 0.15) is 38.3 Å². The van der Waals surface area contributed by atoms with Crippen LogP contribution in [0.25, 0.3) is 0 Å². The minimum atomic E-state index is 0.504. The molecule has 0 amide bonds. The van der Waals surface area contributed by atoms with E-state index < -0.39 is 0 Å². The maximum absolute atomic E-state index is 3.69. The van der Waals surface area contributed by atoms with E-state index in [-0.39, 0.29) is 0 Å². The number of benzene rings is 1. The number of rotatable bonds is 4. The van der Waals surface area contributed by atoms with Crippen LogP contribution in [-0.4, -0.2) is 30.6 Å². The molecule has 1 aliphatic carbocycles. The van der Waals surface area contributed by atoms with Crippen LogP contribution < -0.4 is 5.32 Å². The summed E-state index contributed by atoms with van der Waals surface area (Å²) < 4.78 is 0. The van der Waals surface area contributed by atoms with Crippen LogP contribution >= 0.6 is 0 Å². The molecule has 1 aromatic carbocycles. The maximum atomic E-state index is 3.69. The van der Waals surface area contributed by atoms with Crippen molar-refractivity contribution in [1.82, 2.24) is 10.2 Å². The van der Waals surface area contributed by atoms with E-state index in [1.165, 1.54) is 24.9 Å². The van der Waals surface area contributed by atoms with Gasteiger partial charge in [-0.1, -0.05) is 37.3 Å². The monoisotopic (exact) mass is 258 g/mol. The highest BCUT2D eigenvalue weighted by Crippen LogP contribution is 2.37. The smallest absolute Gasteiger partial charge is 0.0449 e. The Kier molecular flexibility index (Phi) is 3.90. The summed E-state index contributed by atoms with van der Waals surface area (Å²) >= 11 is 0. The lowest BCUT2D eigenvalue weighted by molar-refractivity contribution is 0.118. The molecule has 19 heavy (non-hydrogen) atoms. The molecule has 0 radical (unpaired) electrons. The summed E-state index contributed by atoms with van der Waals surface area (Å²) in [5.41, 5.74) is 1.43. The van der Waals surface area contributed by atoms with Gasteiger partial charge < -0.3 is 5.32 Å². The van der Waals surface area contributed by atoms with Gasteiger partial charge in [0, 0.05) is 31.7 Å². The van der Waals surface area contributed by atoms with Gasteiger partial charge in [0.1, 0.15) is 0 Å². The number of piperazine rings is 1. The van der Waals surface area contributed by atoms with Crippen LogP contribution in [-0.2, 0) is 0 Å². The summed E-state index contributed by atoms with van der Waals surface area (Å²) in [5, 5.41) is 3.69. The zero-order valence-corrected chi connectivity index (χ0v) is 12.2. The Morgan fingerprint density at radius 1 is 1.26 bits per heavy atom. The van der Waals surface area contributed by atoms with Crippen LogP contribution in [0.4, 0.5) is 0 Å². The summed E-state index contributed by atoms with van der Waals surface area (Å²) in [6, 6.07) is 12.1. The predicted molar refractivity (Wildman–Crippen MR) is 80.1 cm³/mol. The number of nitrogens with zero attached hydrogens (tertiary/aromatic N) is 1. The number of hydrogen-bond acceptors (Lipinski definition) is 2. The fourth-order valence-electron chi connectivity index (χ4n) is 3.27. The predicted octanol–water partition coefficient (Wildman–Crippen LogP) is 3.07. The Bertz CT molecular complexity index is 399. The molecule has 2 fully saturated rings. The second kappa shape index (κ2) is 5.64. The molecule has 2 aliphatic rings. The molecule has 1 saturated heterocycles. The third kappa shape index (κ3) is 3.18. The molecule has 3 rings (SSSR count). The third-order valence-corrected chi connectivity index (χ3v) is 4.85. The van der Waals surface area contributed by atoms with Gasteiger partial charge in [-0.3, -0.25) is 4.90 Å². The first-order valence-corrected chi connectivity index (χ1v) is 7.76. The third-order valence-electron chi connectivity index (χ3n) is 4.85. The van der Waals surface area contributed by atoms with Gasteiger partial charge in [0.2, 0.25) is 0 Å². The minimum Gasteiger partial charge on any atom is -0.307 e. The molecule has 1 saturated carbocycles. The second-order valence-corrected chi connectivity index (χ2v) is 6.49. The fraction of sp³-hybridized carbons (Fsp3) is 0.647. The van der Waals surface area contributed by atoms with E-state index in [1.807, 2.05) is 0 Å². The molecule has 2 heteroatoms. The highest BCUT2D eigenvalue weighted by molar-refractivity contribution is 5.20. The average Bonchev–Trinajstić information content (AvgIpc) is 3.27. The molecular weight excluding hydrogens is 232 g/mol. The topological polar surface area (TPSA) is 15.3 Å². The van der Waals surface area contributed by atoms with E-state index in [0.29, 0.717) is 12.1 Å². The SMILES string of the molecule is CC(CN1CC(c2ccccc2)NCC1C)C1CC1. The van der Waals surface area contributed by atoms with E-state index in [0.717, 1.165) is 24.9 Å². The maximum Gasteiger partial charge on any atom is 0.0449 e. The zero-order chi connectivity index (χ0) is 13.2. The van der Waals surface area contributed by atoms with E-state index in [1.54, 1.807) is 0 Å². The standard InChI is InChI=1S/C17H26N2/c1-13(15-8-9-15)11-19-12-17(18-10-14(19)2)16-6-4-3-5-7-16/h3-7,13-15,17-18H,8-12H2,1-2H3. The molecule has 0 bridgehead atoms. The van der Waals surface area contributed by atoms with Gasteiger partial charge in [-0.15, -0.1) is 0 Å². The van der Waals surface area contributed by atoms with E-state index >= 15 is 0 Å². The van der Waals surface area contributed by atoms with Crippen molar-refractivity contribution in [2.75, 3.05) is 19.6 Å². The quantitative estimate of drug-likeness (QED) is 0.893. The molecule has 1 aromatic rings. The Hall–Kier alpha value is -0.860. The first-order chi connectivity index (χ1) is 9.24. The van der Waals surface area contributed by atoms with Crippen molar-refractivity contribution in [3.05, 3.63) is 35.9 Å². The van der Waals surface area contributed by atoms with Crippen molar-refractivity contribution in [2.45, 2.75) is 38.8 Å². The van der Waals surface area contributed by atoms with Gasteiger partial charge in [-0.25, -0.2) is 0 Å². The summed E-state index contributed by atoms with van der Waals surface area (Å²) in [5.74, 6) is 1.88. The fourth-order valence-corrected chi connectivity index (χ4v) is 3.27. The van der Waals surface area contributed by atoms with Gasteiger partial charge in [-0.05, 0) is 37.2 Å². The normalized spacial score (nSPS) is 30.2. The summed E-state index contributed by atoms with van der Waals surface area (Å²) in [6.45, 7) is 8.33. The molecule has 1 heterocycles. The van der Waals surface area contributed by atoms with Crippen LogP contribution in [0.15, 0.2) is 30.3 Å². The highest BCUT2D eigenvalue weighted by atomic mass is 15.2. The Balaban J connectivity index is 1.63. The van der Waals surface area contributed by atoms with Crippen LogP contribution in [0.3, 0.4) is 0 Å². The van der Waals surface area contributed by atoms with Crippen molar-refractivity contribution in [3.63, 3.8) is 0 Å². The zero-order valence-electron chi connectivity index (χ0n) is 12.2. The van der Waals surface area contributed by atoms with Gasteiger partial charge in [0.15, 0.2) is 0 Å². The van der Waals surface area contributed by atoms with E-state index in [2.05, 4.69) is 54.4 Å². The van der Waals surface area contributed by atoms with Crippen molar-refractivity contribution in [1.29, 1.82) is 0 Å². The van der Waals surface area contributed by atoms with Crippen molar-refractivity contribution < 1.29 is 0 Å². The lowest BCUT2D eigenvalue weighted by Crippen LogP contribution is -2.52.